The molecule has 0 aromatic heterocycles. The monoisotopic (exact) mass is 400 g/mol. The van der Waals surface area contributed by atoms with Gasteiger partial charge in [0.1, 0.15) is 0 Å². The quantitative estimate of drug-likeness (QED) is 0.513. The summed E-state index contributed by atoms with van der Waals surface area (Å²) >= 11 is 12.0. The molecule has 2 atom stereocenters. The minimum atomic E-state index is 0.176. The van der Waals surface area contributed by atoms with Crippen molar-refractivity contribution in [2.75, 3.05) is 4.43 Å². The maximum absolute atomic E-state index is 6.16. The van der Waals surface area contributed by atoms with E-state index in [-0.39, 0.29) is 6.10 Å². The normalized spacial score (nSPS) is 25.8. The summed E-state index contributed by atoms with van der Waals surface area (Å²) in [4.78, 5) is 0. The SMILES string of the molecule is Clc1ccc(Br)cc1C1CCC(CI)O1. The van der Waals surface area contributed by atoms with Crippen molar-refractivity contribution in [3.8, 4) is 0 Å². The van der Waals surface area contributed by atoms with Crippen molar-refractivity contribution < 1.29 is 4.74 Å². The summed E-state index contributed by atoms with van der Waals surface area (Å²) in [5, 5.41) is 0.803. The van der Waals surface area contributed by atoms with Gasteiger partial charge in [-0.1, -0.05) is 50.1 Å². The van der Waals surface area contributed by atoms with Crippen LogP contribution in [-0.2, 0) is 4.74 Å². The Morgan fingerprint density at radius 3 is 2.93 bits per heavy atom. The predicted molar refractivity (Wildman–Crippen MR) is 74.9 cm³/mol. The molecule has 2 rings (SSSR count). The average Bonchev–Trinajstić information content (AvgIpc) is 2.70. The molecule has 0 radical (unpaired) electrons. The number of ether oxygens (including phenoxy) is 1. The molecule has 15 heavy (non-hydrogen) atoms. The van der Waals surface area contributed by atoms with Gasteiger partial charge in [-0.2, -0.15) is 0 Å². The zero-order chi connectivity index (χ0) is 10.8. The second-order valence-electron chi connectivity index (χ2n) is 3.64. The van der Waals surface area contributed by atoms with E-state index < -0.39 is 0 Å². The van der Waals surface area contributed by atoms with Crippen molar-refractivity contribution in [1.82, 2.24) is 0 Å². The molecule has 4 heteroatoms. The Labute approximate surface area is 117 Å². The van der Waals surface area contributed by atoms with Crippen LogP contribution in [0, 0.1) is 0 Å². The van der Waals surface area contributed by atoms with Crippen LogP contribution in [0.1, 0.15) is 24.5 Å². The second kappa shape index (κ2) is 5.34. The highest BCUT2D eigenvalue weighted by molar-refractivity contribution is 14.1. The topological polar surface area (TPSA) is 9.23 Å². The predicted octanol–water partition coefficient (Wildman–Crippen LogP) is 4.76. The Morgan fingerprint density at radius 2 is 2.27 bits per heavy atom. The number of halogens is 3. The molecule has 0 aliphatic carbocycles. The third kappa shape index (κ3) is 2.87. The van der Waals surface area contributed by atoms with Crippen molar-refractivity contribution in [2.45, 2.75) is 25.0 Å². The van der Waals surface area contributed by atoms with E-state index in [9.17, 15) is 0 Å². The highest BCUT2D eigenvalue weighted by Gasteiger charge is 2.27. The Morgan fingerprint density at radius 1 is 1.47 bits per heavy atom. The van der Waals surface area contributed by atoms with E-state index in [1.165, 1.54) is 0 Å². The Balaban J connectivity index is 2.19. The first kappa shape index (κ1) is 12.1. The highest BCUT2D eigenvalue weighted by atomic mass is 127. The Hall–Kier alpha value is 0.680. The Kier molecular flexibility index (Phi) is 4.32. The van der Waals surface area contributed by atoms with Crippen LogP contribution in [0.2, 0.25) is 5.02 Å². The van der Waals surface area contributed by atoms with E-state index in [1.54, 1.807) is 0 Å². The molecule has 0 N–H and O–H groups in total. The highest BCUT2D eigenvalue weighted by Crippen LogP contribution is 2.37. The van der Waals surface area contributed by atoms with Crippen LogP contribution >= 0.6 is 50.1 Å². The third-order valence-corrected chi connectivity index (χ3v) is 4.40. The fourth-order valence-electron chi connectivity index (χ4n) is 1.81. The first-order valence-electron chi connectivity index (χ1n) is 4.87. The minimum absolute atomic E-state index is 0.176. The lowest BCUT2D eigenvalue weighted by Gasteiger charge is -2.14. The van der Waals surface area contributed by atoms with Gasteiger partial charge in [-0.05, 0) is 31.0 Å². The minimum Gasteiger partial charge on any atom is -0.369 e. The second-order valence-corrected chi connectivity index (χ2v) is 5.85. The number of hydrogen-bond acceptors (Lipinski definition) is 1. The number of hydrogen-bond donors (Lipinski definition) is 0. The summed E-state index contributed by atoms with van der Waals surface area (Å²) < 4.78 is 8.03. The molecule has 0 saturated carbocycles. The summed E-state index contributed by atoms with van der Waals surface area (Å²) in [5.74, 6) is 0. The van der Waals surface area contributed by atoms with Crippen molar-refractivity contribution >= 4 is 50.1 Å². The first-order valence-corrected chi connectivity index (χ1v) is 7.56. The van der Waals surface area contributed by atoms with Crippen LogP contribution in [0.25, 0.3) is 0 Å². The molecular weight excluding hydrogens is 390 g/mol. The molecular formula is C11H11BrClIO. The van der Waals surface area contributed by atoms with Crippen LogP contribution in [0.4, 0.5) is 0 Å². The zero-order valence-electron chi connectivity index (χ0n) is 8.05. The van der Waals surface area contributed by atoms with E-state index >= 15 is 0 Å². The standard InChI is InChI=1S/C11H11BrClIO/c12-7-1-3-10(13)9(5-7)11-4-2-8(6-14)15-11/h1,3,5,8,11H,2,4,6H2. The van der Waals surface area contributed by atoms with Gasteiger partial charge >= 0.3 is 0 Å². The van der Waals surface area contributed by atoms with E-state index in [1.807, 2.05) is 12.1 Å². The molecule has 1 fully saturated rings. The molecule has 1 heterocycles. The maximum atomic E-state index is 6.16. The summed E-state index contributed by atoms with van der Waals surface area (Å²) in [6.45, 7) is 0. The molecule has 1 aliphatic rings. The van der Waals surface area contributed by atoms with Crippen LogP contribution in [0.5, 0.6) is 0 Å². The molecule has 1 aromatic rings. The van der Waals surface area contributed by atoms with Gasteiger partial charge in [-0.3, -0.25) is 0 Å². The van der Waals surface area contributed by atoms with Gasteiger partial charge in [0.2, 0.25) is 0 Å². The first-order chi connectivity index (χ1) is 7.20. The Bertz CT molecular complexity index is 358. The van der Waals surface area contributed by atoms with Crippen LogP contribution in [0.3, 0.4) is 0 Å². The van der Waals surface area contributed by atoms with Gasteiger partial charge in [0, 0.05) is 19.5 Å². The van der Waals surface area contributed by atoms with Gasteiger partial charge in [-0.15, -0.1) is 0 Å². The largest absolute Gasteiger partial charge is 0.369 e. The summed E-state index contributed by atoms with van der Waals surface area (Å²) in [7, 11) is 0. The molecule has 0 spiro atoms. The fourth-order valence-corrected chi connectivity index (χ4v) is 3.08. The van der Waals surface area contributed by atoms with Crippen molar-refractivity contribution in [2.24, 2.45) is 0 Å². The van der Waals surface area contributed by atoms with Crippen molar-refractivity contribution in [1.29, 1.82) is 0 Å². The summed E-state index contributed by atoms with van der Waals surface area (Å²) in [6, 6.07) is 5.93. The zero-order valence-corrected chi connectivity index (χ0v) is 12.5. The van der Waals surface area contributed by atoms with Crippen molar-refractivity contribution in [3.63, 3.8) is 0 Å². The van der Waals surface area contributed by atoms with E-state index in [0.717, 1.165) is 32.3 Å². The number of benzene rings is 1. The van der Waals surface area contributed by atoms with Gasteiger partial charge in [0.15, 0.2) is 0 Å². The summed E-state index contributed by atoms with van der Waals surface area (Å²) in [5.41, 5.74) is 1.11. The van der Waals surface area contributed by atoms with Gasteiger partial charge in [0.05, 0.1) is 12.2 Å². The third-order valence-electron chi connectivity index (χ3n) is 2.58. The van der Waals surface area contributed by atoms with Gasteiger partial charge in [0.25, 0.3) is 0 Å². The average molecular weight is 401 g/mol. The van der Waals surface area contributed by atoms with Crippen LogP contribution in [0.15, 0.2) is 22.7 Å². The molecule has 1 nitrogen and oxygen atoms in total. The molecule has 0 bridgehead atoms. The van der Waals surface area contributed by atoms with E-state index in [0.29, 0.717) is 6.10 Å². The molecule has 0 amide bonds. The smallest absolute Gasteiger partial charge is 0.0844 e. The lowest BCUT2D eigenvalue weighted by atomic mass is 10.1. The molecule has 1 aromatic carbocycles. The van der Waals surface area contributed by atoms with Gasteiger partial charge in [-0.25, -0.2) is 0 Å². The lowest BCUT2D eigenvalue weighted by Crippen LogP contribution is -2.07. The molecule has 2 unspecified atom stereocenters. The van der Waals surface area contributed by atoms with E-state index in [4.69, 9.17) is 16.3 Å². The molecule has 82 valence electrons. The van der Waals surface area contributed by atoms with Crippen LogP contribution < -0.4 is 0 Å². The summed E-state index contributed by atoms with van der Waals surface area (Å²) in [6.07, 6.45) is 2.78. The van der Waals surface area contributed by atoms with Crippen molar-refractivity contribution in [3.05, 3.63) is 33.3 Å². The molecule has 1 saturated heterocycles. The fraction of sp³-hybridized carbons (Fsp3) is 0.455. The number of alkyl halides is 1. The number of rotatable bonds is 2. The molecule has 1 aliphatic heterocycles. The maximum Gasteiger partial charge on any atom is 0.0844 e. The van der Waals surface area contributed by atoms with Gasteiger partial charge < -0.3 is 4.74 Å². The lowest BCUT2D eigenvalue weighted by molar-refractivity contribution is 0.0598. The van der Waals surface area contributed by atoms with E-state index in [2.05, 4.69) is 44.6 Å². The van der Waals surface area contributed by atoms with Crippen LogP contribution in [-0.4, -0.2) is 10.5 Å².